The van der Waals surface area contributed by atoms with Crippen molar-refractivity contribution in [3.05, 3.63) is 52.0 Å². The van der Waals surface area contributed by atoms with Gasteiger partial charge in [0.25, 0.3) is 0 Å². The maximum atomic E-state index is 12.6. The lowest BCUT2D eigenvalue weighted by atomic mass is 10.1. The Balaban J connectivity index is 1.66. The highest BCUT2D eigenvalue weighted by Crippen LogP contribution is 2.31. The molecule has 3 rings (SSSR count). The van der Waals surface area contributed by atoms with Crippen LogP contribution in [0.1, 0.15) is 42.6 Å². The van der Waals surface area contributed by atoms with Gasteiger partial charge in [0, 0.05) is 26.2 Å². The van der Waals surface area contributed by atoms with Crippen molar-refractivity contribution < 1.29 is 9.59 Å². The fraction of sp³-hybridized carbons (Fsp3) is 0.389. The Bertz CT molecular complexity index is 698. The third-order valence-corrected chi connectivity index (χ3v) is 4.97. The second-order valence-electron chi connectivity index (χ2n) is 6.05. The molecule has 1 aliphatic heterocycles. The van der Waals surface area contributed by atoms with Gasteiger partial charge in [-0.3, -0.25) is 14.6 Å². The van der Waals surface area contributed by atoms with E-state index in [0.29, 0.717) is 13.0 Å². The molecule has 0 unspecified atom stereocenters. The van der Waals surface area contributed by atoms with Crippen molar-refractivity contribution in [2.45, 2.75) is 38.8 Å². The number of nitrogens with one attached hydrogen (secondary N) is 1. The first kappa shape index (κ1) is 16.6. The summed E-state index contributed by atoms with van der Waals surface area (Å²) in [5.74, 6) is 0.111. The number of carbonyl (C=O) groups excluding carboxylic acids is 2. The highest BCUT2D eigenvalue weighted by atomic mass is 32.1. The monoisotopic (exact) mass is 343 g/mol. The topological polar surface area (TPSA) is 62.3 Å². The molecule has 5 nitrogen and oxygen atoms in total. The highest BCUT2D eigenvalue weighted by Gasteiger charge is 2.30. The summed E-state index contributed by atoms with van der Waals surface area (Å²) < 4.78 is 0. The molecule has 126 valence electrons. The SMILES string of the molecule is CC(=O)NCc1ccc([C@@H]2CCCN2C(=O)Cc2ccsc2)nc1. The molecule has 2 aromatic heterocycles. The van der Waals surface area contributed by atoms with Crippen LogP contribution in [0.4, 0.5) is 0 Å². The molecule has 3 heterocycles. The lowest BCUT2D eigenvalue weighted by Crippen LogP contribution is -2.32. The lowest BCUT2D eigenvalue weighted by Gasteiger charge is -2.24. The van der Waals surface area contributed by atoms with Gasteiger partial charge in [-0.2, -0.15) is 11.3 Å². The second-order valence-corrected chi connectivity index (χ2v) is 6.83. The van der Waals surface area contributed by atoms with E-state index in [4.69, 9.17) is 0 Å². The van der Waals surface area contributed by atoms with E-state index in [1.807, 2.05) is 33.9 Å². The maximum absolute atomic E-state index is 12.6. The molecule has 1 atom stereocenters. The molecule has 2 aromatic rings. The molecule has 2 amide bonds. The average molecular weight is 343 g/mol. The van der Waals surface area contributed by atoms with E-state index >= 15 is 0 Å². The van der Waals surface area contributed by atoms with Gasteiger partial charge in [0.15, 0.2) is 0 Å². The summed E-state index contributed by atoms with van der Waals surface area (Å²) in [4.78, 5) is 30.0. The number of aromatic nitrogens is 1. The average Bonchev–Trinajstić information content (AvgIpc) is 3.24. The molecule has 1 N–H and O–H groups in total. The van der Waals surface area contributed by atoms with Crippen molar-refractivity contribution in [3.63, 3.8) is 0 Å². The van der Waals surface area contributed by atoms with Gasteiger partial charge < -0.3 is 10.2 Å². The first-order valence-electron chi connectivity index (χ1n) is 8.13. The van der Waals surface area contributed by atoms with E-state index in [1.165, 1.54) is 6.92 Å². The minimum Gasteiger partial charge on any atom is -0.352 e. The zero-order valence-corrected chi connectivity index (χ0v) is 14.5. The summed E-state index contributed by atoms with van der Waals surface area (Å²) in [6.45, 7) is 2.77. The van der Waals surface area contributed by atoms with Crippen LogP contribution in [0.3, 0.4) is 0 Å². The summed E-state index contributed by atoms with van der Waals surface area (Å²) in [6, 6.07) is 6.00. The minimum atomic E-state index is -0.0555. The van der Waals surface area contributed by atoms with Gasteiger partial charge >= 0.3 is 0 Å². The quantitative estimate of drug-likeness (QED) is 0.908. The van der Waals surface area contributed by atoms with Crippen LogP contribution in [-0.2, 0) is 22.6 Å². The zero-order valence-electron chi connectivity index (χ0n) is 13.7. The summed E-state index contributed by atoms with van der Waals surface area (Å²) in [6.07, 6.45) is 4.20. The Morgan fingerprint density at radius 2 is 2.21 bits per heavy atom. The molecular weight excluding hydrogens is 322 g/mol. The van der Waals surface area contributed by atoms with Gasteiger partial charge in [-0.05, 0) is 46.9 Å². The number of thiophene rings is 1. The van der Waals surface area contributed by atoms with Crippen LogP contribution in [0.15, 0.2) is 35.2 Å². The number of hydrogen-bond donors (Lipinski definition) is 1. The van der Waals surface area contributed by atoms with E-state index in [0.717, 1.165) is 36.2 Å². The minimum absolute atomic E-state index is 0.0555. The van der Waals surface area contributed by atoms with E-state index in [2.05, 4.69) is 10.3 Å². The number of pyridine rings is 1. The Morgan fingerprint density at radius 3 is 2.88 bits per heavy atom. The number of nitrogens with zero attached hydrogens (tertiary/aromatic N) is 2. The first-order chi connectivity index (χ1) is 11.6. The van der Waals surface area contributed by atoms with Gasteiger partial charge in [0.2, 0.25) is 11.8 Å². The van der Waals surface area contributed by atoms with Crippen molar-refractivity contribution in [2.75, 3.05) is 6.54 Å². The number of rotatable bonds is 5. The van der Waals surface area contributed by atoms with Gasteiger partial charge in [-0.1, -0.05) is 6.07 Å². The van der Waals surface area contributed by atoms with Crippen LogP contribution in [0.2, 0.25) is 0 Å². The van der Waals surface area contributed by atoms with Gasteiger partial charge in [-0.25, -0.2) is 0 Å². The van der Waals surface area contributed by atoms with Crippen molar-refractivity contribution >= 4 is 23.2 Å². The molecule has 0 aliphatic carbocycles. The predicted molar refractivity (Wildman–Crippen MR) is 93.5 cm³/mol. The molecule has 6 heteroatoms. The summed E-state index contributed by atoms with van der Waals surface area (Å²) in [7, 11) is 0. The third kappa shape index (κ3) is 4.00. The van der Waals surface area contributed by atoms with Crippen LogP contribution in [0, 0.1) is 0 Å². The highest BCUT2D eigenvalue weighted by molar-refractivity contribution is 7.08. The fourth-order valence-electron chi connectivity index (χ4n) is 3.01. The van der Waals surface area contributed by atoms with Crippen LogP contribution in [0.25, 0.3) is 0 Å². The third-order valence-electron chi connectivity index (χ3n) is 4.24. The molecule has 1 fully saturated rings. The van der Waals surface area contributed by atoms with Gasteiger partial charge in [0.1, 0.15) is 0 Å². The molecular formula is C18H21N3O2S. The Labute approximate surface area is 145 Å². The van der Waals surface area contributed by atoms with Crippen molar-refractivity contribution in [2.24, 2.45) is 0 Å². The molecule has 0 radical (unpaired) electrons. The molecule has 0 aromatic carbocycles. The molecule has 0 bridgehead atoms. The maximum Gasteiger partial charge on any atom is 0.227 e. The smallest absolute Gasteiger partial charge is 0.227 e. The summed E-state index contributed by atoms with van der Waals surface area (Å²) in [5.41, 5.74) is 2.97. The molecule has 24 heavy (non-hydrogen) atoms. The Kier molecular flexibility index (Phi) is 5.25. The van der Waals surface area contributed by atoms with Crippen molar-refractivity contribution in [3.8, 4) is 0 Å². The molecule has 0 saturated carbocycles. The van der Waals surface area contributed by atoms with E-state index in [9.17, 15) is 9.59 Å². The normalized spacial score (nSPS) is 17.0. The summed E-state index contributed by atoms with van der Waals surface area (Å²) in [5, 5.41) is 6.79. The standard InChI is InChI=1S/C18H21N3O2S/c1-13(22)19-10-15-4-5-16(20-11-15)17-3-2-7-21(17)18(23)9-14-6-8-24-12-14/h4-6,8,11-12,17H,2-3,7,9-10H2,1H3,(H,19,22)/t17-/m0/s1. The lowest BCUT2D eigenvalue weighted by molar-refractivity contribution is -0.131. The largest absolute Gasteiger partial charge is 0.352 e. The summed E-state index contributed by atoms with van der Waals surface area (Å²) >= 11 is 1.62. The number of likely N-dealkylation sites (tertiary alicyclic amines) is 1. The van der Waals surface area contributed by atoms with E-state index in [1.54, 1.807) is 17.5 Å². The van der Waals surface area contributed by atoms with Crippen LogP contribution >= 0.6 is 11.3 Å². The van der Waals surface area contributed by atoms with E-state index < -0.39 is 0 Å². The Morgan fingerprint density at radius 1 is 1.33 bits per heavy atom. The number of carbonyl (C=O) groups is 2. The van der Waals surface area contributed by atoms with Crippen molar-refractivity contribution in [1.82, 2.24) is 15.2 Å². The van der Waals surface area contributed by atoms with Gasteiger partial charge in [-0.15, -0.1) is 0 Å². The second kappa shape index (κ2) is 7.57. The van der Waals surface area contributed by atoms with Crippen molar-refractivity contribution in [1.29, 1.82) is 0 Å². The number of amides is 2. The predicted octanol–water partition coefficient (Wildman–Crippen LogP) is 2.69. The zero-order chi connectivity index (χ0) is 16.9. The first-order valence-corrected chi connectivity index (χ1v) is 9.07. The Hall–Kier alpha value is -2.21. The number of hydrogen-bond acceptors (Lipinski definition) is 4. The van der Waals surface area contributed by atoms with Gasteiger partial charge in [0.05, 0.1) is 18.2 Å². The van der Waals surface area contributed by atoms with Crippen LogP contribution < -0.4 is 5.32 Å². The molecule has 1 saturated heterocycles. The van der Waals surface area contributed by atoms with Crippen LogP contribution in [0.5, 0.6) is 0 Å². The fourth-order valence-corrected chi connectivity index (χ4v) is 3.67. The molecule has 1 aliphatic rings. The van der Waals surface area contributed by atoms with Crippen LogP contribution in [-0.4, -0.2) is 28.2 Å². The molecule has 0 spiro atoms. The van der Waals surface area contributed by atoms with E-state index in [-0.39, 0.29) is 17.9 Å².